The molecule has 0 fully saturated rings. The topological polar surface area (TPSA) is 126 Å². The average Bonchev–Trinajstić information content (AvgIpc) is 3.59. The van der Waals surface area contributed by atoms with E-state index in [9.17, 15) is 14.3 Å². The maximum atomic E-state index is 14.0. The number of hydrogen-bond donors (Lipinski definition) is 1. The van der Waals surface area contributed by atoms with E-state index in [-0.39, 0.29) is 37.9 Å². The van der Waals surface area contributed by atoms with Crippen LogP contribution in [0.1, 0.15) is 29.3 Å². The van der Waals surface area contributed by atoms with E-state index in [2.05, 4.69) is 21.5 Å². The van der Waals surface area contributed by atoms with Gasteiger partial charge in [-0.3, -0.25) is 0 Å². The Bertz CT molecular complexity index is 2460. The summed E-state index contributed by atoms with van der Waals surface area (Å²) in [6.45, 7) is 6.60. The van der Waals surface area contributed by atoms with Crippen LogP contribution in [0.15, 0.2) is 115 Å². The van der Waals surface area contributed by atoms with Crippen LogP contribution in [-0.2, 0) is 29.2 Å². The zero-order chi connectivity index (χ0) is 38.5. The lowest BCUT2D eigenvalue weighted by Crippen LogP contribution is -2.30. The number of para-hydroxylation sites is 1. The van der Waals surface area contributed by atoms with Gasteiger partial charge in [0.05, 0.1) is 37.0 Å². The largest absolute Gasteiger partial charge is 0.496 e. The molecule has 6 aromatic rings. The first-order valence-corrected chi connectivity index (χ1v) is 18.3. The Morgan fingerprint density at radius 3 is 2.64 bits per heavy atom. The maximum absolute atomic E-state index is 14.0. The van der Waals surface area contributed by atoms with Gasteiger partial charge in [-0.25, -0.2) is 29.1 Å². The fourth-order valence-electron chi connectivity index (χ4n) is 6.06. The van der Waals surface area contributed by atoms with Crippen molar-refractivity contribution in [2.24, 2.45) is 0 Å². The number of ether oxygens (including phenoxy) is 4. The lowest BCUT2D eigenvalue weighted by atomic mass is 9.99. The predicted octanol–water partition coefficient (Wildman–Crippen LogP) is 9.23. The molecule has 3 aromatic carbocycles. The summed E-state index contributed by atoms with van der Waals surface area (Å²) < 4.78 is 38.2. The minimum atomic E-state index is -1.39. The molecule has 2 bridgehead atoms. The van der Waals surface area contributed by atoms with E-state index in [0.29, 0.717) is 60.5 Å². The molecule has 4 heterocycles. The zero-order valence-corrected chi connectivity index (χ0v) is 31.4. The van der Waals surface area contributed by atoms with E-state index in [1.165, 1.54) is 29.8 Å². The predicted molar refractivity (Wildman–Crippen MR) is 210 cm³/mol. The monoisotopic (exact) mass is 776 g/mol. The summed E-state index contributed by atoms with van der Waals surface area (Å²) >= 11 is 7.86. The first-order chi connectivity index (χ1) is 26.7. The molecule has 55 heavy (non-hydrogen) atoms. The van der Waals surface area contributed by atoms with Gasteiger partial charge in [0, 0.05) is 28.1 Å². The van der Waals surface area contributed by atoms with Crippen molar-refractivity contribution in [3.8, 4) is 39.2 Å². The lowest BCUT2D eigenvalue weighted by molar-refractivity contribution is -0.145. The molecule has 278 valence electrons. The molecule has 1 aliphatic rings. The molecule has 0 unspecified atom stereocenters. The Morgan fingerprint density at radius 2 is 1.85 bits per heavy atom. The second kappa shape index (κ2) is 16.6. The number of nitrogens with zero attached hydrogens (tertiary/aromatic N) is 4. The third-order valence-corrected chi connectivity index (χ3v) is 10.2. The number of aliphatic carboxylic acids is 1. The normalized spacial score (nSPS) is 16.3. The number of fused-ring (bicyclic) bond motifs is 2. The minimum absolute atomic E-state index is 0.0646. The first-order valence-electron chi connectivity index (χ1n) is 17.1. The quantitative estimate of drug-likeness (QED) is 0.168. The SMILES string of the molecule is C=C1/C=C\C(=C(/C)Cl)COCc2ccc(OCc3ccnc(-c4ccccc4OC)n3)c(c2)C[C@H](C(=O)O)Oc2ncnc3sc(-c4ccc(F)cc4)c1c23. The van der Waals surface area contributed by atoms with E-state index in [0.717, 1.165) is 21.6 Å². The van der Waals surface area contributed by atoms with Gasteiger partial charge < -0.3 is 24.1 Å². The Labute approximate surface area is 325 Å². The third kappa shape index (κ3) is 8.41. The van der Waals surface area contributed by atoms with Gasteiger partial charge in [0.1, 0.15) is 35.1 Å². The molecule has 0 amide bonds. The van der Waals surface area contributed by atoms with Gasteiger partial charge in [-0.2, -0.15) is 0 Å². The van der Waals surface area contributed by atoms with Gasteiger partial charge in [-0.05, 0) is 77.2 Å². The van der Waals surface area contributed by atoms with E-state index < -0.39 is 12.1 Å². The van der Waals surface area contributed by atoms with E-state index >= 15 is 0 Å². The van der Waals surface area contributed by atoms with Crippen LogP contribution in [0.5, 0.6) is 17.4 Å². The number of thiophene rings is 1. The maximum Gasteiger partial charge on any atom is 0.345 e. The smallest absolute Gasteiger partial charge is 0.345 e. The standard InChI is InChI=1S/C42H34ClFN4O6S/c1-24-8-10-28(25(2)43)21-52-20-26-9-15-33(53-22-31-16-17-45-39(48-31)32-6-4-5-7-34(32)51-3)29(18-26)19-35(42(49)50)54-40-37-36(24)38(55-41(37)47-23-46-40)27-11-13-30(44)14-12-27/h4-18,23,35H,1,19-22H2,2-3H3,(H,49,50)/b10-8-,28-25-/t35-/m1/s1. The first kappa shape index (κ1) is 37.4. The summed E-state index contributed by atoms with van der Waals surface area (Å²) in [6, 6.07) is 20.8. The van der Waals surface area contributed by atoms with Crippen LogP contribution in [0.3, 0.4) is 0 Å². The van der Waals surface area contributed by atoms with Crippen molar-refractivity contribution in [2.75, 3.05) is 13.7 Å². The van der Waals surface area contributed by atoms with Crippen molar-refractivity contribution in [1.29, 1.82) is 0 Å². The Morgan fingerprint density at radius 1 is 1.04 bits per heavy atom. The molecule has 0 radical (unpaired) electrons. The number of carboxylic acid groups (broad SMARTS) is 1. The van der Waals surface area contributed by atoms with Crippen LogP contribution < -0.4 is 14.2 Å². The van der Waals surface area contributed by atoms with Gasteiger partial charge >= 0.3 is 5.97 Å². The highest BCUT2D eigenvalue weighted by Crippen LogP contribution is 2.45. The summed E-state index contributed by atoms with van der Waals surface area (Å²) in [6.07, 6.45) is 5.13. The van der Waals surface area contributed by atoms with Crippen LogP contribution >= 0.6 is 22.9 Å². The van der Waals surface area contributed by atoms with Crippen molar-refractivity contribution in [2.45, 2.75) is 32.7 Å². The van der Waals surface area contributed by atoms with Crippen LogP contribution in [0.25, 0.3) is 37.6 Å². The van der Waals surface area contributed by atoms with Gasteiger partial charge in [-0.15, -0.1) is 11.3 Å². The fraction of sp³-hybridized carbons (Fsp3) is 0.167. The molecular formula is C42H34ClFN4O6S. The Kier molecular flexibility index (Phi) is 11.3. The number of rotatable bonds is 7. The van der Waals surface area contributed by atoms with Crippen molar-refractivity contribution in [1.82, 2.24) is 19.9 Å². The van der Waals surface area contributed by atoms with E-state index in [1.807, 2.05) is 42.5 Å². The van der Waals surface area contributed by atoms with Crippen LogP contribution in [0.2, 0.25) is 0 Å². The van der Waals surface area contributed by atoms with Gasteiger partial charge in [0.15, 0.2) is 5.82 Å². The number of carbonyl (C=O) groups is 1. The van der Waals surface area contributed by atoms with Crippen molar-refractivity contribution < 1.29 is 33.2 Å². The number of aromatic nitrogens is 4. The molecule has 0 saturated carbocycles. The number of hydrogen-bond acceptors (Lipinski definition) is 10. The molecule has 7 rings (SSSR count). The van der Waals surface area contributed by atoms with Crippen molar-refractivity contribution in [3.05, 3.63) is 143 Å². The summed E-state index contributed by atoms with van der Waals surface area (Å²) in [7, 11) is 1.59. The minimum Gasteiger partial charge on any atom is -0.496 e. The summed E-state index contributed by atoms with van der Waals surface area (Å²) in [4.78, 5) is 32.2. The molecule has 13 heteroatoms. The summed E-state index contributed by atoms with van der Waals surface area (Å²) in [5.41, 5.74) is 5.30. The second-order valence-corrected chi connectivity index (χ2v) is 14.1. The summed E-state index contributed by atoms with van der Waals surface area (Å²) in [5.74, 6) is 0.0257. The zero-order valence-electron chi connectivity index (χ0n) is 29.8. The molecule has 3 aromatic heterocycles. The molecule has 1 aliphatic heterocycles. The molecule has 1 N–H and O–H groups in total. The number of allylic oxidation sites excluding steroid dienone is 3. The van der Waals surface area contributed by atoms with Gasteiger partial charge in [0.25, 0.3) is 0 Å². The molecule has 0 aliphatic carbocycles. The molecular weight excluding hydrogens is 743 g/mol. The van der Waals surface area contributed by atoms with Crippen molar-refractivity contribution in [3.63, 3.8) is 0 Å². The number of halogens is 2. The average molecular weight is 777 g/mol. The van der Waals surface area contributed by atoms with Crippen LogP contribution in [0.4, 0.5) is 4.39 Å². The van der Waals surface area contributed by atoms with E-state index in [4.69, 9.17) is 35.5 Å². The molecule has 0 spiro atoms. The number of carboxylic acids is 1. The Hall–Kier alpha value is -5.95. The van der Waals surface area contributed by atoms with Gasteiger partial charge in [-0.1, -0.05) is 60.7 Å². The Balaban J connectivity index is 1.28. The fourth-order valence-corrected chi connectivity index (χ4v) is 7.35. The molecule has 0 saturated heterocycles. The number of benzene rings is 3. The summed E-state index contributed by atoms with van der Waals surface area (Å²) in [5, 5.41) is 11.6. The van der Waals surface area contributed by atoms with Crippen molar-refractivity contribution >= 4 is 44.7 Å². The van der Waals surface area contributed by atoms with E-state index in [1.54, 1.807) is 50.6 Å². The molecule has 10 nitrogen and oxygen atoms in total. The van der Waals surface area contributed by atoms with Gasteiger partial charge in [0.2, 0.25) is 12.0 Å². The van der Waals surface area contributed by atoms with Crippen LogP contribution in [0, 0.1) is 5.82 Å². The second-order valence-electron chi connectivity index (χ2n) is 12.5. The number of methoxy groups -OCH3 is 1. The van der Waals surface area contributed by atoms with Crippen LogP contribution in [-0.4, -0.2) is 50.8 Å². The highest BCUT2D eigenvalue weighted by atomic mass is 35.5. The highest BCUT2D eigenvalue weighted by molar-refractivity contribution is 7.22. The lowest BCUT2D eigenvalue weighted by Gasteiger charge is -2.19. The molecule has 1 atom stereocenters. The third-order valence-electron chi connectivity index (χ3n) is 8.83. The highest BCUT2D eigenvalue weighted by Gasteiger charge is 2.27.